The molecule has 0 atom stereocenters. The second-order valence-electron chi connectivity index (χ2n) is 6.27. The largest absolute Gasteiger partial charge is 0.477 e. The highest BCUT2D eigenvalue weighted by Crippen LogP contribution is 2.18. The van der Waals surface area contributed by atoms with Crippen LogP contribution in [0.25, 0.3) is 0 Å². The number of rotatable bonds is 8. The lowest BCUT2D eigenvalue weighted by Gasteiger charge is -2.17. The van der Waals surface area contributed by atoms with Gasteiger partial charge in [-0.2, -0.15) is 4.31 Å². The molecule has 0 amide bonds. The van der Waals surface area contributed by atoms with E-state index >= 15 is 0 Å². The normalized spacial score (nSPS) is 11.4. The molecule has 9 heteroatoms. The quantitative estimate of drug-likeness (QED) is 0.585. The first-order valence-electron chi connectivity index (χ1n) is 8.76. The van der Waals surface area contributed by atoms with Crippen LogP contribution in [0.3, 0.4) is 0 Å². The Balaban J connectivity index is 1.82. The summed E-state index contributed by atoms with van der Waals surface area (Å²) in [5.74, 6) is -0.846. The van der Waals surface area contributed by atoms with Crippen molar-refractivity contribution in [2.75, 3.05) is 12.4 Å². The van der Waals surface area contributed by atoms with Crippen molar-refractivity contribution < 1.29 is 18.3 Å². The van der Waals surface area contributed by atoms with Crippen molar-refractivity contribution in [2.24, 2.45) is 0 Å². The smallest absolute Gasteiger partial charge is 0.341 e. The number of hydrogen-bond donors (Lipinski definition) is 2. The van der Waals surface area contributed by atoms with Crippen LogP contribution < -0.4 is 5.32 Å². The fraction of sp³-hybridized carbons (Fsp3) is 0.150. The Morgan fingerprint density at radius 3 is 2.31 bits per heavy atom. The van der Waals surface area contributed by atoms with Gasteiger partial charge in [0, 0.05) is 19.8 Å². The van der Waals surface area contributed by atoms with E-state index in [0.717, 1.165) is 9.87 Å². The standard InChI is InChI=1S/C20H20N4O4S/c1-24(29(27,28)16-10-6-3-7-11-16)14-18-21-13-17(20(25)26)19(23-18)22-12-15-8-4-2-5-9-15/h2-11,13H,12,14H2,1H3,(H,25,26)(H,21,22,23). The van der Waals surface area contributed by atoms with E-state index in [4.69, 9.17) is 0 Å². The van der Waals surface area contributed by atoms with Crippen LogP contribution in [0.2, 0.25) is 0 Å². The Kier molecular flexibility index (Phi) is 6.20. The second-order valence-corrected chi connectivity index (χ2v) is 8.31. The average Bonchev–Trinajstić information content (AvgIpc) is 2.73. The van der Waals surface area contributed by atoms with Gasteiger partial charge in [0.1, 0.15) is 17.2 Å². The molecule has 0 aliphatic carbocycles. The molecule has 0 saturated carbocycles. The number of carbonyl (C=O) groups is 1. The van der Waals surface area contributed by atoms with Crippen molar-refractivity contribution in [2.45, 2.75) is 18.0 Å². The number of aromatic carboxylic acids is 1. The van der Waals surface area contributed by atoms with Crippen LogP contribution in [0.1, 0.15) is 21.7 Å². The topological polar surface area (TPSA) is 112 Å². The van der Waals surface area contributed by atoms with Crippen LogP contribution in [-0.2, 0) is 23.1 Å². The number of sulfonamides is 1. The highest BCUT2D eigenvalue weighted by Gasteiger charge is 2.22. The first-order valence-corrected chi connectivity index (χ1v) is 10.2. The van der Waals surface area contributed by atoms with E-state index < -0.39 is 16.0 Å². The van der Waals surface area contributed by atoms with Gasteiger partial charge in [-0.25, -0.2) is 23.2 Å². The minimum atomic E-state index is -3.72. The SMILES string of the molecule is CN(Cc1ncc(C(=O)O)c(NCc2ccccc2)n1)S(=O)(=O)c1ccccc1. The fourth-order valence-corrected chi connectivity index (χ4v) is 3.77. The van der Waals surface area contributed by atoms with E-state index in [1.54, 1.807) is 18.2 Å². The van der Waals surface area contributed by atoms with Gasteiger partial charge in [0.25, 0.3) is 0 Å². The molecule has 0 radical (unpaired) electrons. The Bertz CT molecular complexity index is 1090. The molecular weight excluding hydrogens is 392 g/mol. The molecule has 8 nitrogen and oxygen atoms in total. The number of aromatic nitrogens is 2. The minimum absolute atomic E-state index is 0.0850. The van der Waals surface area contributed by atoms with Gasteiger partial charge in [-0.3, -0.25) is 0 Å². The summed E-state index contributed by atoms with van der Waals surface area (Å²) in [6, 6.07) is 17.5. The van der Waals surface area contributed by atoms with E-state index in [1.165, 1.54) is 25.4 Å². The van der Waals surface area contributed by atoms with Crippen LogP contribution >= 0.6 is 0 Å². The zero-order valence-corrected chi connectivity index (χ0v) is 16.5. The molecule has 150 valence electrons. The molecule has 2 N–H and O–H groups in total. The maximum absolute atomic E-state index is 12.7. The molecule has 0 spiro atoms. The Morgan fingerprint density at radius 1 is 1.07 bits per heavy atom. The third kappa shape index (κ3) is 4.95. The predicted molar refractivity (Wildman–Crippen MR) is 108 cm³/mol. The monoisotopic (exact) mass is 412 g/mol. The molecule has 1 heterocycles. The molecule has 3 rings (SSSR count). The Morgan fingerprint density at radius 2 is 1.69 bits per heavy atom. The summed E-state index contributed by atoms with van der Waals surface area (Å²) >= 11 is 0. The number of carboxylic acids is 1. The Hall–Kier alpha value is -3.30. The second kappa shape index (κ2) is 8.80. The number of nitrogens with one attached hydrogen (secondary N) is 1. The summed E-state index contributed by atoms with van der Waals surface area (Å²) in [5, 5.41) is 12.4. The number of benzene rings is 2. The van der Waals surface area contributed by atoms with Crippen LogP contribution in [-0.4, -0.2) is 40.8 Å². The van der Waals surface area contributed by atoms with E-state index in [2.05, 4.69) is 15.3 Å². The highest BCUT2D eigenvalue weighted by atomic mass is 32.2. The predicted octanol–water partition coefficient (Wildman–Crippen LogP) is 2.61. The first kappa shape index (κ1) is 20.4. The molecule has 3 aromatic rings. The van der Waals surface area contributed by atoms with Gasteiger partial charge in [-0.1, -0.05) is 48.5 Å². The molecule has 0 aliphatic rings. The third-order valence-corrected chi connectivity index (χ3v) is 6.00. The van der Waals surface area contributed by atoms with Gasteiger partial charge in [-0.15, -0.1) is 0 Å². The summed E-state index contributed by atoms with van der Waals surface area (Å²) in [6.45, 7) is 0.271. The zero-order chi connectivity index (χ0) is 20.9. The number of hydrogen-bond acceptors (Lipinski definition) is 6. The van der Waals surface area contributed by atoms with E-state index in [0.29, 0.717) is 6.54 Å². The van der Waals surface area contributed by atoms with Gasteiger partial charge in [0.15, 0.2) is 0 Å². The molecule has 0 aliphatic heterocycles. The van der Waals surface area contributed by atoms with Gasteiger partial charge in [-0.05, 0) is 17.7 Å². The molecule has 29 heavy (non-hydrogen) atoms. The molecule has 2 aromatic carbocycles. The number of nitrogens with zero attached hydrogens (tertiary/aromatic N) is 3. The van der Waals surface area contributed by atoms with Crippen LogP contribution in [0, 0.1) is 0 Å². The average molecular weight is 412 g/mol. The summed E-state index contributed by atoms with van der Waals surface area (Å²) in [7, 11) is -2.29. The molecule has 0 unspecified atom stereocenters. The Labute approximate surface area is 168 Å². The molecule has 1 aromatic heterocycles. The summed E-state index contributed by atoms with van der Waals surface area (Å²) in [5.41, 5.74) is 0.867. The van der Waals surface area contributed by atoms with Crippen molar-refractivity contribution >= 4 is 21.8 Å². The van der Waals surface area contributed by atoms with Gasteiger partial charge < -0.3 is 10.4 Å². The molecular formula is C20H20N4O4S. The molecule has 0 fully saturated rings. The zero-order valence-electron chi connectivity index (χ0n) is 15.7. The molecule has 0 saturated heterocycles. The lowest BCUT2D eigenvalue weighted by molar-refractivity contribution is 0.0697. The fourth-order valence-electron chi connectivity index (χ4n) is 2.62. The lowest BCUT2D eigenvalue weighted by atomic mass is 10.2. The van der Waals surface area contributed by atoms with Crippen molar-refractivity contribution in [3.8, 4) is 0 Å². The van der Waals surface area contributed by atoms with E-state index in [9.17, 15) is 18.3 Å². The first-order chi connectivity index (χ1) is 13.9. The molecule has 0 bridgehead atoms. The van der Waals surface area contributed by atoms with Crippen molar-refractivity contribution in [1.82, 2.24) is 14.3 Å². The van der Waals surface area contributed by atoms with Crippen molar-refractivity contribution in [3.05, 3.63) is 83.8 Å². The number of anilines is 1. The van der Waals surface area contributed by atoms with Crippen molar-refractivity contribution in [3.63, 3.8) is 0 Å². The van der Waals surface area contributed by atoms with Gasteiger partial charge in [0.2, 0.25) is 10.0 Å². The third-order valence-electron chi connectivity index (χ3n) is 4.19. The van der Waals surface area contributed by atoms with Gasteiger partial charge in [0.05, 0.1) is 11.4 Å². The summed E-state index contributed by atoms with van der Waals surface area (Å²) in [6.07, 6.45) is 1.18. The van der Waals surface area contributed by atoms with Crippen LogP contribution in [0.4, 0.5) is 5.82 Å². The van der Waals surface area contributed by atoms with Crippen molar-refractivity contribution in [1.29, 1.82) is 0 Å². The van der Waals surface area contributed by atoms with E-state index in [-0.39, 0.29) is 28.6 Å². The summed E-state index contributed by atoms with van der Waals surface area (Å²) in [4.78, 5) is 19.9. The maximum atomic E-state index is 12.7. The highest BCUT2D eigenvalue weighted by molar-refractivity contribution is 7.89. The summed E-state index contributed by atoms with van der Waals surface area (Å²) < 4.78 is 26.5. The maximum Gasteiger partial charge on any atom is 0.341 e. The van der Waals surface area contributed by atoms with Crippen LogP contribution in [0.15, 0.2) is 71.8 Å². The number of carboxylic acid groups (broad SMARTS) is 1. The van der Waals surface area contributed by atoms with Crippen LogP contribution in [0.5, 0.6) is 0 Å². The van der Waals surface area contributed by atoms with Gasteiger partial charge >= 0.3 is 5.97 Å². The van der Waals surface area contributed by atoms with E-state index in [1.807, 2.05) is 30.3 Å². The lowest BCUT2D eigenvalue weighted by Crippen LogP contribution is -2.27. The minimum Gasteiger partial charge on any atom is -0.477 e.